The van der Waals surface area contributed by atoms with Gasteiger partial charge in [0.2, 0.25) is 0 Å². The molecule has 2 aromatic carbocycles. The van der Waals surface area contributed by atoms with E-state index in [0.717, 1.165) is 21.5 Å². The number of ether oxygens (including phenoxy) is 2. The molecular weight excluding hydrogens is 360 g/mol. The van der Waals surface area contributed by atoms with Gasteiger partial charge in [0, 0.05) is 11.0 Å². The first-order chi connectivity index (χ1) is 11.2. The van der Waals surface area contributed by atoms with Gasteiger partial charge in [0.15, 0.2) is 0 Å². The highest BCUT2D eigenvalue weighted by Gasteiger charge is 2.02. The highest BCUT2D eigenvalue weighted by molar-refractivity contribution is 9.10. The van der Waals surface area contributed by atoms with Gasteiger partial charge in [0.25, 0.3) is 0 Å². The molecule has 0 spiro atoms. The van der Waals surface area contributed by atoms with E-state index in [1.165, 1.54) is 0 Å². The average molecular weight is 379 g/mol. The lowest BCUT2D eigenvalue weighted by Crippen LogP contribution is -2.37. The summed E-state index contributed by atoms with van der Waals surface area (Å²) in [5.41, 5.74) is 1.03. The zero-order chi connectivity index (χ0) is 16.5. The van der Waals surface area contributed by atoms with Gasteiger partial charge in [0.1, 0.15) is 18.1 Å². The van der Waals surface area contributed by atoms with Crippen LogP contribution in [0.15, 0.2) is 53.0 Å². The summed E-state index contributed by atoms with van der Waals surface area (Å²) in [7, 11) is 1.62. The molecule has 23 heavy (non-hydrogen) atoms. The topological polar surface area (TPSA) is 59.6 Å². The van der Waals surface area contributed by atoms with Gasteiger partial charge >= 0.3 is 6.03 Å². The Bertz CT molecular complexity index is 632. The van der Waals surface area contributed by atoms with E-state index in [9.17, 15) is 4.79 Å². The van der Waals surface area contributed by atoms with Crippen molar-refractivity contribution >= 4 is 22.0 Å². The van der Waals surface area contributed by atoms with Gasteiger partial charge in [-0.1, -0.05) is 34.1 Å². The molecule has 0 aromatic heterocycles. The smallest absolute Gasteiger partial charge is 0.315 e. The first-order valence-electron chi connectivity index (χ1n) is 7.21. The largest absolute Gasteiger partial charge is 0.497 e. The molecule has 0 fully saturated rings. The zero-order valence-electron chi connectivity index (χ0n) is 12.8. The van der Waals surface area contributed by atoms with Crippen LogP contribution in [0.25, 0.3) is 0 Å². The average Bonchev–Trinajstić information content (AvgIpc) is 2.58. The fraction of sp³-hybridized carbons (Fsp3) is 0.235. The Morgan fingerprint density at radius 1 is 1.04 bits per heavy atom. The molecule has 0 aliphatic carbocycles. The van der Waals surface area contributed by atoms with E-state index in [4.69, 9.17) is 9.47 Å². The number of methoxy groups -OCH3 is 1. The molecule has 5 nitrogen and oxygen atoms in total. The number of nitrogens with one attached hydrogen (secondary N) is 2. The van der Waals surface area contributed by atoms with E-state index in [-0.39, 0.29) is 6.03 Å². The minimum atomic E-state index is -0.223. The summed E-state index contributed by atoms with van der Waals surface area (Å²) in [6, 6.07) is 14.8. The molecule has 0 heterocycles. The van der Waals surface area contributed by atoms with Gasteiger partial charge in [-0.3, -0.25) is 0 Å². The maximum Gasteiger partial charge on any atom is 0.315 e. The molecular formula is C17H19BrN2O3. The molecule has 2 rings (SSSR count). The number of carbonyl (C=O) groups excluding carboxylic acids is 1. The molecule has 0 unspecified atom stereocenters. The number of benzene rings is 2. The number of hydrogen-bond acceptors (Lipinski definition) is 3. The molecule has 122 valence electrons. The van der Waals surface area contributed by atoms with Crippen LogP contribution in [0.5, 0.6) is 11.5 Å². The highest BCUT2D eigenvalue weighted by atomic mass is 79.9. The normalized spacial score (nSPS) is 10.0. The molecule has 2 amide bonds. The second kappa shape index (κ2) is 9.05. The molecule has 2 aromatic rings. The van der Waals surface area contributed by atoms with E-state index in [0.29, 0.717) is 19.7 Å². The van der Waals surface area contributed by atoms with Crippen LogP contribution in [-0.2, 0) is 6.54 Å². The van der Waals surface area contributed by atoms with Crippen molar-refractivity contribution in [1.82, 2.24) is 10.6 Å². The van der Waals surface area contributed by atoms with Gasteiger partial charge in [-0.2, -0.15) is 0 Å². The third-order valence-corrected chi connectivity index (χ3v) is 3.89. The highest BCUT2D eigenvalue weighted by Crippen LogP contribution is 2.17. The molecule has 0 aliphatic heterocycles. The summed E-state index contributed by atoms with van der Waals surface area (Å²) in [5.74, 6) is 1.52. The molecule has 0 radical (unpaired) electrons. The lowest BCUT2D eigenvalue weighted by molar-refractivity contribution is 0.236. The van der Waals surface area contributed by atoms with Crippen molar-refractivity contribution < 1.29 is 14.3 Å². The van der Waals surface area contributed by atoms with Crippen LogP contribution in [-0.4, -0.2) is 26.3 Å². The van der Waals surface area contributed by atoms with Crippen LogP contribution in [0, 0.1) is 0 Å². The Morgan fingerprint density at radius 2 is 1.74 bits per heavy atom. The van der Waals surface area contributed by atoms with Crippen molar-refractivity contribution in [2.45, 2.75) is 6.54 Å². The van der Waals surface area contributed by atoms with E-state index in [2.05, 4.69) is 26.6 Å². The van der Waals surface area contributed by atoms with Gasteiger partial charge in [-0.25, -0.2) is 4.79 Å². The molecule has 0 saturated heterocycles. The molecule has 0 aliphatic rings. The standard InChI is InChI=1S/C17H19BrN2O3/c1-22-14-6-8-15(9-7-14)23-11-10-19-17(21)20-12-13-4-2-3-5-16(13)18/h2-9H,10-12H2,1H3,(H2,19,20,21). The SMILES string of the molecule is COc1ccc(OCCNC(=O)NCc2ccccc2Br)cc1. The summed E-state index contributed by atoms with van der Waals surface area (Å²) < 4.78 is 11.6. The van der Waals surface area contributed by atoms with E-state index < -0.39 is 0 Å². The summed E-state index contributed by atoms with van der Waals surface area (Å²) in [6.45, 7) is 1.29. The summed E-state index contributed by atoms with van der Waals surface area (Å²) in [6.07, 6.45) is 0. The van der Waals surface area contributed by atoms with Gasteiger partial charge in [-0.05, 0) is 35.9 Å². The van der Waals surface area contributed by atoms with Crippen molar-refractivity contribution in [1.29, 1.82) is 0 Å². The predicted molar refractivity (Wildman–Crippen MR) is 92.9 cm³/mol. The summed E-state index contributed by atoms with van der Waals surface area (Å²) in [5, 5.41) is 5.55. The lowest BCUT2D eigenvalue weighted by atomic mass is 10.2. The minimum Gasteiger partial charge on any atom is -0.497 e. The van der Waals surface area contributed by atoms with Crippen LogP contribution >= 0.6 is 15.9 Å². The second-order valence-corrected chi connectivity index (χ2v) is 5.58. The van der Waals surface area contributed by atoms with Crippen molar-refractivity contribution in [2.24, 2.45) is 0 Å². The first kappa shape index (κ1) is 17.1. The molecule has 0 saturated carbocycles. The predicted octanol–water partition coefficient (Wildman–Crippen LogP) is 3.34. The maximum absolute atomic E-state index is 11.7. The van der Waals surface area contributed by atoms with Crippen LogP contribution in [0.3, 0.4) is 0 Å². The molecule has 0 atom stereocenters. The fourth-order valence-electron chi connectivity index (χ4n) is 1.89. The van der Waals surface area contributed by atoms with Crippen molar-refractivity contribution in [3.8, 4) is 11.5 Å². The van der Waals surface area contributed by atoms with E-state index >= 15 is 0 Å². The number of urea groups is 1. The van der Waals surface area contributed by atoms with Crippen LogP contribution < -0.4 is 20.1 Å². The van der Waals surface area contributed by atoms with Crippen molar-refractivity contribution in [2.75, 3.05) is 20.3 Å². The fourth-order valence-corrected chi connectivity index (χ4v) is 2.31. The van der Waals surface area contributed by atoms with E-state index in [1.807, 2.05) is 48.5 Å². The number of hydrogen-bond donors (Lipinski definition) is 2. The van der Waals surface area contributed by atoms with Crippen molar-refractivity contribution in [3.63, 3.8) is 0 Å². The summed E-state index contributed by atoms with van der Waals surface area (Å²) in [4.78, 5) is 11.7. The lowest BCUT2D eigenvalue weighted by Gasteiger charge is -2.10. The van der Waals surface area contributed by atoms with Crippen molar-refractivity contribution in [3.05, 3.63) is 58.6 Å². The Kier molecular flexibility index (Phi) is 6.75. The Morgan fingerprint density at radius 3 is 2.43 bits per heavy atom. The van der Waals surface area contributed by atoms with Gasteiger partial charge in [0.05, 0.1) is 13.7 Å². The number of amides is 2. The molecule has 6 heteroatoms. The molecule has 0 bridgehead atoms. The number of halogens is 1. The van der Waals surface area contributed by atoms with Gasteiger partial charge in [-0.15, -0.1) is 0 Å². The first-order valence-corrected chi connectivity index (χ1v) is 8.00. The molecule has 2 N–H and O–H groups in total. The second-order valence-electron chi connectivity index (χ2n) is 4.72. The third-order valence-electron chi connectivity index (χ3n) is 3.11. The van der Waals surface area contributed by atoms with Crippen LogP contribution in [0.2, 0.25) is 0 Å². The monoisotopic (exact) mass is 378 g/mol. The number of carbonyl (C=O) groups is 1. The van der Waals surface area contributed by atoms with Gasteiger partial charge < -0.3 is 20.1 Å². The maximum atomic E-state index is 11.7. The Hall–Kier alpha value is -2.21. The third kappa shape index (κ3) is 5.83. The zero-order valence-corrected chi connectivity index (χ0v) is 14.4. The quantitative estimate of drug-likeness (QED) is 0.726. The Labute approximate surface area is 144 Å². The number of rotatable bonds is 7. The van der Waals surface area contributed by atoms with Crippen LogP contribution in [0.1, 0.15) is 5.56 Å². The van der Waals surface area contributed by atoms with Crippen LogP contribution in [0.4, 0.5) is 4.79 Å². The Balaban J connectivity index is 1.63. The van der Waals surface area contributed by atoms with E-state index in [1.54, 1.807) is 7.11 Å². The minimum absolute atomic E-state index is 0.223. The summed E-state index contributed by atoms with van der Waals surface area (Å²) >= 11 is 3.45.